The van der Waals surface area contributed by atoms with Gasteiger partial charge in [-0.3, -0.25) is 0 Å². The molecule has 0 saturated carbocycles. The molecule has 0 atom stereocenters. The Labute approximate surface area is 92.9 Å². The number of aromatic amines is 1. The summed E-state index contributed by atoms with van der Waals surface area (Å²) >= 11 is 5.04. The summed E-state index contributed by atoms with van der Waals surface area (Å²) in [4.78, 5) is 7.28. The van der Waals surface area contributed by atoms with Gasteiger partial charge in [0.15, 0.2) is 4.77 Å². The molecule has 76 valence electrons. The van der Waals surface area contributed by atoms with E-state index in [1.54, 1.807) is 6.08 Å². The van der Waals surface area contributed by atoms with Crippen LogP contribution in [0.2, 0.25) is 0 Å². The monoisotopic (exact) mass is 217 g/mol. The Hall–Kier alpha value is -1.68. The van der Waals surface area contributed by atoms with Gasteiger partial charge in [-0.05, 0) is 24.4 Å². The molecule has 0 aliphatic carbocycles. The van der Waals surface area contributed by atoms with Crippen molar-refractivity contribution in [2.45, 2.75) is 0 Å². The van der Waals surface area contributed by atoms with Gasteiger partial charge in [-0.25, -0.2) is 4.98 Å². The molecule has 3 nitrogen and oxygen atoms in total. The van der Waals surface area contributed by atoms with Gasteiger partial charge in [0, 0.05) is 11.9 Å². The normalized spacial score (nSPS) is 10.1. The second-order valence-electron chi connectivity index (χ2n) is 3.11. The number of para-hydroxylation sites is 1. The Morgan fingerprint density at radius 2 is 2.27 bits per heavy atom. The Morgan fingerprint density at radius 3 is 3.07 bits per heavy atom. The highest BCUT2D eigenvalue weighted by Gasteiger charge is 2.00. The summed E-state index contributed by atoms with van der Waals surface area (Å²) in [6.07, 6.45) is 1.79. The quantitative estimate of drug-likeness (QED) is 0.613. The molecule has 0 aliphatic rings. The Morgan fingerprint density at radius 1 is 1.47 bits per heavy atom. The lowest BCUT2D eigenvalue weighted by Gasteiger charge is -2.06. The van der Waals surface area contributed by atoms with E-state index in [1.165, 1.54) is 0 Å². The number of fused-ring (bicyclic) bond motifs is 1. The first-order valence-corrected chi connectivity index (χ1v) is 5.06. The number of nitrogens with one attached hydrogen (secondary N) is 2. The van der Waals surface area contributed by atoms with E-state index in [-0.39, 0.29) is 0 Å². The van der Waals surface area contributed by atoms with Crippen molar-refractivity contribution in [3.8, 4) is 0 Å². The molecule has 0 spiro atoms. The molecule has 15 heavy (non-hydrogen) atoms. The van der Waals surface area contributed by atoms with Crippen molar-refractivity contribution in [3.63, 3.8) is 0 Å². The zero-order valence-electron chi connectivity index (χ0n) is 8.16. The number of aromatic nitrogens is 2. The molecule has 0 fully saturated rings. The number of benzene rings is 1. The maximum absolute atomic E-state index is 5.04. The van der Waals surface area contributed by atoms with Crippen molar-refractivity contribution < 1.29 is 0 Å². The smallest absolute Gasteiger partial charge is 0.199 e. The van der Waals surface area contributed by atoms with Gasteiger partial charge in [-0.1, -0.05) is 18.2 Å². The van der Waals surface area contributed by atoms with Gasteiger partial charge in [0.25, 0.3) is 0 Å². The van der Waals surface area contributed by atoms with Crippen molar-refractivity contribution in [1.29, 1.82) is 0 Å². The third-order valence-electron chi connectivity index (χ3n) is 2.05. The average molecular weight is 217 g/mol. The second-order valence-corrected chi connectivity index (χ2v) is 3.49. The van der Waals surface area contributed by atoms with E-state index < -0.39 is 0 Å². The molecular weight excluding hydrogens is 206 g/mol. The predicted molar refractivity (Wildman–Crippen MR) is 65.6 cm³/mol. The standard InChI is InChI=1S/C11H11N3S/c1-2-7-12-10-8-5-3-4-6-9(8)13-11(15)14-10/h2-6H,1,7H2,(H2,12,13,14,15). The summed E-state index contributed by atoms with van der Waals surface area (Å²) in [5, 5.41) is 4.20. The molecule has 0 bridgehead atoms. The summed E-state index contributed by atoms with van der Waals surface area (Å²) in [7, 11) is 0. The van der Waals surface area contributed by atoms with E-state index in [0.717, 1.165) is 16.7 Å². The highest BCUT2D eigenvalue weighted by atomic mass is 32.1. The summed E-state index contributed by atoms with van der Waals surface area (Å²) < 4.78 is 0.486. The molecule has 0 radical (unpaired) electrons. The van der Waals surface area contributed by atoms with E-state index in [0.29, 0.717) is 11.3 Å². The van der Waals surface area contributed by atoms with Gasteiger partial charge in [0.05, 0.1) is 5.52 Å². The summed E-state index contributed by atoms with van der Waals surface area (Å²) in [6, 6.07) is 7.91. The van der Waals surface area contributed by atoms with Gasteiger partial charge >= 0.3 is 0 Å². The Balaban J connectivity index is 2.60. The summed E-state index contributed by atoms with van der Waals surface area (Å²) in [5.74, 6) is 0.800. The number of H-pyrrole nitrogens is 1. The Bertz CT molecular complexity index is 545. The SMILES string of the molecule is C=CCNc1nc(=S)[nH]c2ccccc12. The second kappa shape index (κ2) is 4.23. The zero-order chi connectivity index (χ0) is 10.7. The van der Waals surface area contributed by atoms with Crippen LogP contribution in [0.3, 0.4) is 0 Å². The first-order valence-electron chi connectivity index (χ1n) is 4.65. The number of anilines is 1. The molecule has 0 unspecified atom stereocenters. The zero-order valence-corrected chi connectivity index (χ0v) is 8.97. The van der Waals surface area contributed by atoms with Crippen LogP contribution in [0.25, 0.3) is 10.9 Å². The highest BCUT2D eigenvalue weighted by Crippen LogP contribution is 2.18. The molecular formula is C11H11N3S. The first kappa shape index (κ1) is 9.86. The largest absolute Gasteiger partial charge is 0.366 e. The van der Waals surface area contributed by atoms with E-state index in [9.17, 15) is 0 Å². The average Bonchev–Trinajstić information content (AvgIpc) is 2.25. The summed E-state index contributed by atoms with van der Waals surface area (Å²) in [6.45, 7) is 4.33. The van der Waals surface area contributed by atoms with E-state index in [2.05, 4.69) is 21.9 Å². The molecule has 0 saturated heterocycles. The fourth-order valence-electron chi connectivity index (χ4n) is 1.41. The molecule has 2 aromatic rings. The van der Waals surface area contributed by atoms with Crippen LogP contribution < -0.4 is 5.32 Å². The van der Waals surface area contributed by atoms with E-state index >= 15 is 0 Å². The van der Waals surface area contributed by atoms with Crippen LogP contribution in [-0.4, -0.2) is 16.5 Å². The van der Waals surface area contributed by atoms with Gasteiger partial charge in [0.1, 0.15) is 5.82 Å². The predicted octanol–water partition coefficient (Wildman–Crippen LogP) is 2.89. The minimum Gasteiger partial charge on any atom is -0.366 e. The minimum absolute atomic E-state index is 0.486. The van der Waals surface area contributed by atoms with Crippen LogP contribution >= 0.6 is 12.2 Å². The number of hydrogen-bond donors (Lipinski definition) is 2. The lowest BCUT2D eigenvalue weighted by atomic mass is 10.2. The van der Waals surface area contributed by atoms with Crippen molar-refractivity contribution in [3.05, 3.63) is 41.7 Å². The van der Waals surface area contributed by atoms with E-state index in [4.69, 9.17) is 12.2 Å². The summed E-state index contributed by atoms with van der Waals surface area (Å²) in [5.41, 5.74) is 0.990. The lowest BCUT2D eigenvalue weighted by molar-refractivity contribution is 1.16. The Kier molecular flexibility index (Phi) is 2.78. The topological polar surface area (TPSA) is 40.7 Å². The van der Waals surface area contributed by atoms with Crippen LogP contribution in [0.15, 0.2) is 36.9 Å². The third-order valence-corrected chi connectivity index (χ3v) is 2.24. The number of nitrogens with zero attached hydrogens (tertiary/aromatic N) is 1. The van der Waals surface area contributed by atoms with Gasteiger partial charge < -0.3 is 10.3 Å². The van der Waals surface area contributed by atoms with Crippen molar-refractivity contribution in [2.24, 2.45) is 0 Å². The molecule has 1 aromatic heterocycles. The minimum atomic E-state index is 0.486. The molecule has 2 rings (SSSR count). The third kappa shape index (κ3) is 2.05. The van der Waals surface area contributed by atoms with Crippen LogP contribution in [0.1, 0.15) is 0 Å². The van der Waals surface area contributed by atoms with Crippen LogP contribution in [-0.2, 0) is 0 Å². The van der Waals surface area contributed by atoms with Crippen molar-refractivity contribution >= 4 is 28.9 Å². The number of rotatable bonds is 3. The maximum Gasteiger partial charge on any atom is 0.199 e. The van der Waals surface area contributed by atoms with Crippen molar-refractivity contribution in [2.75, 3.05) is 11.9 Å². The molecule has 1 heterocycles. The molecule has 4 heteroatoms. The number of hydrogen-bond acceptors (Lipinski definition) is 3. The highest BCUT2D eigenvalue weighted by molar-refractivity contribution is 7.71. The maximum atomic E-state index is 5.04. The molecule has 2 N–H and O–H groups in total. The first-order chi connectivity index (χ1) is 7.31. The fraction of sp³-hybridized carbons (Fsp3) is 0.0909. The van der Waals surface area contributed by atoms with Crippen LogP contribution in [0.5, 0.6) is 0 Å². The van der Waals surface area contributed by atoms with Crippen LogP contribution in [0, 0.1) is 4.77 Å². The van der Waals surface area contributed by atoms with E-state index in [1.807, 2.05) is 24.3 Å². The van der Waals surface area contributed by atoms with Crippen molar-refractivity contribution in [1.82, 2.24) is 9.97 Å². The van der Waals surface area contributed by atoms with Gasteiger partial charge in [0.2, 0.25) is 0 Å². The molecule has 0 aliphatic heterocycles. The molecule has 1 aromatic carbocycles. The molecule has 0 amide bonds. The van der Waals surface area contributed by atoms with Gasteiger partial charge in [-0.2, -0.15) is 0 Å². The lowest BCUT2D eigenvalue weighted by Crippen LogP contribution is -2.02. The fourth-order valence-corrected chi connectivity index (χ4v) is 1.61. The van der Waals surface area contributed by atoms with Crippen LogP contribution in [0.4, 0.5) is 5.82 Å². The van der Waals surface area contributed by atoms with Gasteiger partial charge in [-0.15, -0.1) is 6.58 Å².